The lowest BCUT2D eigenvalue weighted by Gasteiger charge is -2.27. The molecule has 236 valence electrons. The van der Waals surface area contributed by atoms with Crippen LogP contribution in [-0.2, 0) is 23.0 Å². The number of morpholine rings is 1. The molecule has 0 saturated carbocycles. The summed E-state index contributed by atoms with van der Waals surface area (Å²) >= 11 is 0. The average molecular weight is 620 g/mol. The van der Waals surface area contributed by atoms with Crippen LogP contribution in [0.25, 0.3) is 11.1 Å². The topological polar surface area (TPSA) is 122 Å². The molecule has 0 bridgehead atoms. The number of amides is 3. The minimum atomic E-state index is -0.466. The summed E-state index contributed by atoms with van der Waals surface area (Å²) in [6.45, 7) is 9.29. The summed E-state index contributed by atoms with van der Waals surface area (Å²) in [5.41, 5.74) is 5.94. The maximum atomic E-state index is 13.3. The Hall–Kier alpha value is -5.48. The van der Waals surface area contributed by atoms with Crippen molar-refractivity contribution in [2.75, 3.05) is 42.3 Å². The lowest BCUT2D eigenvalue weighted by molar-refractivity contribution is -0.111. The van der Waals surface area contributed by atoms with E-state index in [1.165, 1.54) is 4.57 Å². The second-order valence-electron chi connectivity index (χ2n) is 11.0. The van der Waals surface area contributed by atoms with Gasteiger partial charge in [0.2, 0.25) is 5.91 Å². The first-order valence-electron chi connectivity index (χ1n) is 15.1. The summed E-state index contributed by atoms with van der Waals surface area (Å²) < 4.78 is 6.85. The molecule has 4 aromatic rings. The fraction of sp³-hybridized carbons (Fsp3) is 0.222. The molecule has 10 nitrogen and oxygen atoms in total. The summed E-state index contributed by atoms with van der Waals surface area (Å²) in [5, 5.41) is 8.91. The van der Waals surface area contributed by atoms with Crippen molar-refractivity contribution in [3.05, 3.63) is 118 Å². The Balaban J connectivity index is 1.44. The highest BCUT2D eigenvalue weighted by Gasteiger charge is 2.22. The van der Waals surface area contributed by atoms with Gasteiger partial charge in [-0.05, 0) is 78.6 Å². The van der Waals surface area contributed by atoms with E-state index in [-0.39, 0.29) is 23.1 Å². The van der Waals surface area contributed by atoms with Crippen molar-refractivity contribution in [2.24, 2.45) is 7.05 Å². The van der Waals surface area contributed by atoms with Crippen molar-refractivity contribution < 1.29 is 19.1 Å². The number of carbonyl (C=O) groups is 3. The van der Waals surface area contributed by atoms with Gasteiger partial charge in [-0.2, -0.15) is 0 Å². The van der Waals surface area contributed by atoms with E-state index in [4.69, 9.17) is 4.74 Å². The van der Waals surface area contributed by atoms with Gasteiger partial charge in [0.05, 0.1) is 24.5 Å². The summed E-state index contributed by atoms with van der Waals surface area (Å²) in [6.07, 6.45) is 3.76. The molecule has 1 aliphatic heterocycles. The highest BCUT2D eigenvalue weighted by Crippen LogP contribution is 2.31. The van der Waals surface area contributed by atoms with Gasteiger partial charge in [-0.1, -0.05) is 37.8 Å². The minimum absolute atomic E-state index is 0.208. The molecule has 0 aliphatic carbocycles. The molecule has 0 radical (unpaired) electrons. The van der Waals surface area contributed by atoms with Crippen LogP contribution >= 0.6 is 0 Å². The third-order valence-corrected chi connectivity index (χ3v) is 7.97. The third-order valence-electron chi connectivity index (χ3n) is 7.97. The molecular weight excluding hydrogens is 582 g/mol. The Bertz CT molecular complexity index is 1860. The standard InChI is InChI=1S/C36H37N5O5/c1-5-24-10-12-25(13-11-24)34(43)39-30-9-7-8-28(23(30)3)26-20-32(36(45)40(4)22-26)37-27-14-15-29(31(21-27)38-33(42)6-2)35(44)41-16-18-46-19-17-41/h6-15,20-22,37H,2,5,16-19H2,1,3-4H3,(H,38,42)(H,39,43). The molecule has 2 heterocycles. The van der Waals surface area contributed by atoms with Crippen LogP contribution in [0.4, 0.5) is 22.7 Å². The monoisotopic (exact) mass is 619 g/mol. The molecule has 0 unspecified atom stereocenters. The number of hydrogen-bond donors (Lipinski definition) is 3. The fourth-order valence-electron chi connectivity index (χ4n) is 5.31. The number of aryl methyl sites for hydroxylation is 2. The van der Waals surface area contributed by atoms with Crippen LogP contribution in [0.5, 0.6) is 0 Å². The summed E-state index contributed by atoms with van der Waals surface area (Å²) in [6, 6.07) is 19.8. The zero-order valence-corrected chi connectivity index (χ0v) is 26.2. The number of nitrogens with one attached hydrogen (secondary N) is 3. The van der Waals surface area contributed by atoms with E-state index >= 15 is 0 Å². The van der Waals surface area contributed by atoms with Crippen LogP contribution in [-0.4, -0.2) is 53.5 Å². The maximum Gasteiger partial charge on any atom is 0.274 e. The van der Waals surface area contributed by atoms with E-state index in [1.54, 1.807) is 42.4 Å². The molecule has 1 fully saturated rings. The summed E-state index contributed by atoms with van der Waals surface area (Å²) in [5.74, 6) is -0.903. The van der Waals surface area contributed by atoms with E-state index < -0.39 is 5.91 Å². The number of carbonyl (C=O) groups excluding carboxylic acids is 3. The van der Waals surface area contributed by atoms with Crippen molar-refractivity contribution in [3.8, 4) is 11.1 Å². The largest absolute Gasteiger partial charge is 0.378 e. The Labute approximate surface area is 267 Å². The van der Waals surface area contributed by atoms with Crippen LogP contribution in [0.2, 0.25) is 0 Å². The molecule has 46 heavy (non-hydrogen) atoms. The second kappa shape index (κ2) is 14.1. The van der Waals surface area contributed by atoms with Crippen molar-refractivity contribution in [2.45, 2.75) is 20.3 Å². The molecule has 3 amide bonds. The molecule has 3 N–H and O–H groups in total. The molecule has 1 aromatic heterocycles. The van der Waals surface area contributed by atoms with Crippen molar-refractivity contribution >= 4 is 40.5 Å². The number of pyridine rings is 1. The smallest absolute Gasteiger partial charge is 0.274 e. The van der Waals surface area contributed by atoms with Gasteiger partial charge >= 0.3 is 0 Å². The molecule has 10 heteroatoms. The predicted molar refractivity (Wildman–Crippen MR) is 181 cm³/mol. The second-order valence-corrected chi connectivity index (χ2v) is 11.0. The van der Waals surface area contributed by atoms with Crippen LogP contribution in [0, 0.1) is 6.92 Å². The molecular formula is C36H37N5O5. The lowest BCUT2D eigenvalue weighted by atomic mass is 9.99. The molecule has 3 aromatic carbocycles. The van der Waals surface area contributed by atoms with Gasteiger partial charge in [0.1, 0.15) is 5.69 Å². The zero-order chi connectivity index (χ0) is 32.8. The zero-order valence-electron chi connectivity index (χ0n) is 26.2. The Kier molecular flexibility index (Phi) is 9.78. The first-order valence-corrected chi connectivity index (χ1v) is 15.1. The van der Waals surface area contributed by atoms with Gasteiger partial charge in [-0.25, -0.2) is 0 Å². The van der Waals surface area contributed by atoms with Crippen LogP contribution in [0.15, 0.2) is 90.4 Å². The van der Waals surface area contributed by atoms with Crippen LogP contribution in [0.1, 0.15) is 38.8 Å². The van der Waals surface area contributed by atoms with E-state index in [0.717, 1.165) is 34.8 Å². The number of nitrogens with zero attached hydrogens (tertiary/aromatic N) is 2. The molecule has 0 atom stereocenters. The maximum absolute atomic E-state index is 13.3. The van der Waals surface area contributed by atoms with Gasteiger partial charge in [0, 0.05) is 48.8 Å². The van der Waals surface area contributed by atoms with E-state index in [9.17, 15) is 19.2 Å². The van der Waals surface area contributed by atoms with E-state index in [1.807, 2.05) is 49.4 Å². The number of benzene rings is 3. The van der Waals surface area contributed by atoms with Gasteiger partial charge in [-0.15, -0.1) is 0 Å². The summed E-state index contributed by atoms with van der Waals surface area (Å²) in [7, 11) is 1.66. The highest BCUT2D eigenvalue weighted by atomic mass is 16.5. The number of anilines is 4. The Morgan fingerprint density at radius 2 is 1.67 bits per heavy atom. The van der Waals surface area contributed by atoms with Gasteiger partial charge in [0.15, 0.2) is 0 Å². The third kappa shape index (κ3) is 7.08. The summed E-state index contributed by atoms with van der Waals surface area (Å²) in [4.78, 5) is 53.5. The van der Waals surface area contributed by atoms with Crippen molar-refractivity contribution in [3.63, 3.8) is 0 Å². The first-order chi connectivity index (χ1) is 22.2. The van der Waals surface area contributed by atoms with Crippen molar-refractivity contribution in [1.29, 1.82) is 0 Å². The van der Waals surface area contributed by atoms with E-state index in [0.29, 0.717) is 54.5 Å². The quantitative estimate of drug-likeness (QED) is 0.212. The highest BCUT2D eigenvalue weighted by molar-refractivity contribution is 6.07. The van der Waals surface area contributed by atoms with Gasteiger partial charge in [-0.3, -0.25) is 19.2 Å². The number of ether oxygens (including phenoxy) is 1. The minimum Gasteiger partial charge on any atom is -0.378 e. The SMILES string of the molecule is C=CC(=O)Nc1cc(Nc2cc(-c3cccc(NC(=O)c4ccc(CC)cc4)c3C)cn(C)c2=O)ccc1C(=O)N1CCOCC1. The fourth-order valence-corrected chi connectivity index (χ4v) is 5.31. The van der Waals surface area contributed by atoms with Gasteiger partial charge in [0.25, 0.3) is 17.4 Å². The number of aromatic nitrogens is 1. The van der Waals surface area contributed by atoms with Crippen molar-refractivity contribution in [1.82, 2.24) is 9.47 Å². The first kappa shape index (κ1) is 31.9. The Morgan fingerprint density at radius 3 is 2.37 bits per heavy atom. The normalized spacial score (nSPS) is 12.7. The molecule has 1 saturated heterocycles. The number of hydrogen-bond acceptors (Lipinski definition) is 6. The lowest BCUT2D eigenvalue weighted by Crippen LogP contribution is -2.41. The molecule has 1 aliphatic rings. The Morgan fingerprint density at radius 1 is 0.935 bits per heavy atom. The van der Waals surface area contributed by atoms with Crippen LogP contribution in [0.3, 0.4) is 0 Å². The van der Waals surface area contributed by atoms with Gasteiger partial charge < -0.3 is 30.2 Å². The average Bonchev–Trinajstić information content (AvgIpc) is 3.07. The van der Waals surface area contributed by atoms with Crippen LogP contribution < -0.4 is 21.5 Å². The van der Waals surface area contributed by atoms with E-state index in [2.05, 4.69) is 29.5 Å². The molecule has 0 spiro atoms. The molecule has 5 rings (SSSR count). The number of rotatable bonds is 9. The predicted octanol–water partition coefficient (Wildman–Crippen LogP) is 5.52.